The highest BCUT2D eigenvalue weighted by Gasteiger charge is 2.21. The van der Waals surface area contributed by atoms with E-state index in [1.54, 1.807) is 13.8 Å². The monoisotopic (exact) mass is 389 g/mol. The number of ether oxygens (including phenoxy) is 2. The maximum Gasteiger partial charge on any atom is 0.387 e. The summed E-state index contributed by atoms with van der Waals surface area (Å²) in [4.78, 5) is 15.9. The lowest BCUT2D eigenvalue weighted by Gasteiger charge is -2.11. The molecule has 0 saturated carbocycles. The van der Waals surface area contributed by atoms with Crippen LogP contribution in [0, 0.1) is 0 Å². The highest BCUT2D eigenvalue weighted by atomic mass is 79.9. The van der Waals surface area contributed by atoms with Crippen molar-refractivity contribution in [3.8, 4) is 17.1 Å². The van der Waals surface area contributed by atoms with Crippen molar-refractivity contribution in [2.24, 2.45) is 0 Å². The molecule has 9 heteroatoms. The van der Waals surface area contributed by atoms with Crippen molar-refractivity contribution in [2.75, 3.05) is 6.61 Å². The van der Waals surface area contributed by atoms with Gasteiger partial charge < -0.3 is 9.47 Å². The normalized spacial score (nSPS) is 10.9. The first-order valence-corrected chi connectivity index (χ1v) is 7.61. The van der Waals surface area contributed by atoms with Gasteiger partial charge in [0.1, 0.15) is 5.69 Å². The Hall–Kier alpha value is -2.03. The first-order chi connectivity index (χ1) is 11.0. The minimum atomic E-state index is -2.99. The molecule has 0 aromatic carbocycles. The van der Waals surface area contributed by atoms with E-state index in [1.807, 2.05) is 0 Å². The average molecular weight is 390 g/mol. The van der Waals surface area contributed by atoms with E-state index in [9.17, 15) is 13.6 Å². The molecule has 124 valence electrons. The van der Waals surface area contributed by atoms with Crippen molar-refractivity contribution in [3.63, 3.8) is 0 Å². The summed E-state index contributed by atoms with van der Waals surface area (Å²) in [5.41, 5.74) is 0.633. The molecule has 0 amide bonds. The number of aromatic nitrogens is 3. The van der Waals surface area contributed by atoms with Crippen LogP contribution in [0.3, 0.4) is 0 Å². The summed E-state index contributed by atoms with van der Waals surface area (Å²) in [6.07, 6.45) is 1.45. The molecule has 0 fully saturated rings. The number of alkyl halides is 2. The van der Waals surface area contributed by atoms with E-state index in [0.717, 1.165) is 0 Å². The van der Waals surface area contributed by atoms with Crippen LogP contribution in [0.5, 0.6) is 5.75 Å². The van der Waals surface area contributed by atoms with Gasteiger partial charge in [-0.05, 0) is 35.8 Å². The lowest BCUT2D eigenvalue weighted by molar-refractivity contribution is -0.0497. The van der Waals surface area contributed by atoms with Gasteiger partial charge in [-0.15, -0.1) is 0 Å². The third-order valence-electron chi connectivity index (χ3n) is 2.84. The number of rotatable bonds is 6. The Bertz CT molecular complexity index is 707. The Labute approximate surface area is 139 Å². The minimum absolute atomic E-state index is 0.0800. The number of aryl methyl sites for hydroxylation is 1. The Morgan fingerprint density at radius 3 is 2.74 bits per heavy atom. The van der Waals surface area contributed by atoms with Gasteiger partial charge in [-0.3, -0.25) is 4.68 Å². The molecule has 0 aliphatic rings. The fraction of sp³-hybridized carbons (Fsp3) is 0.357. The molecule has 6 nitrogen and oxygen atoms in total. The van der Waals surface area contributed by atoms with Gasteiger partial charge in [0.05, 0.1) is 12.3 Å². The Morgan fingerprint density at radius 2 is 2.13 bits per heavy atom. The highest BCUT2D eigenvalue weighted by Crippen LogP contribution is 2.32. The van der Waals surface area contributed by atoms with Crippen LogP contribution in [0.1, 0.15) is 24.3 Å². The van der Waals surface area contributed by atoms with Crippen molar-refractivity contribution in [3.05, 3.63) is 28.5 Å². The van der Waals surface area contributed by atoms with E-state index in [0.29, 0.717) is 16.7 Å². The molecule has 0 radical (unpaired) electrons. The van der Waals surface area contributed by atoms with E-state index in [4.69, 9.17) is 4.74 Å². The number of hydrogen-bond acceptors (Lipinski definition) is 5. The summed E-state index contributed by atoms with van der Waals surface area (Å²) in [5.74, 6) is -0.700. The second-order valence-electron chi connectivity index (χ2n) is 4.33. The topological polar surface area (TPSA) is 66.2 Å². The van der Waals surface area contributed by atoms with E-state index < -0.39 is 12.6 Å². The van der Waals surface area contributed by atoms with Gasteiger partial charge in [-0.25, -0.2) is 9.78 Å². The van der Waals surface area contributed by atoms with Crippen molar-refractivity contribution in [2.45, 2.75) is 27.0 Å². The maximum absolute atomic E-state index is 12.6. The molecule has 23 heavy (non-hydrogen) atoms. The molecule has 0 aliphatic carbocycles. The summed E-state index contributed by atoms with van der Waals surface area (Å²) in [7, 11) is 0. The van der Waals surface area contributed by atoms with E-state index in [-0.39, 0.29) is 23.7 Å². The Kier molecular flexibility index (Phi) is 5.64. The van der Waals surface area contributed by atoms with Crippen LogP contribution in [0.4, 0.5) is 8.78 Å². The van der Waals surface area contributed by atoms with Crippen molar-refractivity contribution < 1.29 is 23.0 Å². The second-order valence-corrected chi connectivity index (χ2v) is 5.25. The van der Waals surface area contributed by atoms with Crippen LogP contribution in [0.25, 0.3) is 11.4 Å². The molecule has 2 aromatic heterocycles. The molecule has 0 N–H and O–H groups in total. The maximum atomic E-state index is 12.6. The molecule has 2 rings (SSSR count). The molecule has 2 heterocycles. The van der Waals surface area contributed by atoms with Crippen LogP contribution in [0.15, 0.2) is 22.8 Å². The zero-order valence-corrected chi connectivity index (χ0v) is 14.0. The lowest BCUT2D eigenvalue weighted by atomic mass is 10.2. The zero-order chi connectivity index (χ0) is 17.0. The number of esters is 1. The number of carbonyl (C=O) groups excluding carboxylic acids is 1. The largest absolute Gasteiger partial charge is 0.461 e. The molecule has 0 spiro atoms. The molecule has 0 aliphatic heterocycles. The predicted octanol–water partition coefficient (Wildman–Crippen LogP) is 3.51. The van der Waals surface area contributed by atoms with Gasteiger partial charge >= 0.3 is 12.6 Å². The molecule has 0 saturated heterocycles. The van der Waals surface area contributed by atoms with Gasteiger partial charge in [-0.1, -0.05) is 0 Å². The average Bonchev–Trinajstić information content (AvgIpc) is 2.91. The van der Waals surface area contributed by atoms with Crippen LogP contribution >= 0.6 is 15.9 Å². The first kappa shape index (κ1) is 17.3. The lowest BCUT2D eigenvalue weighted by Crippen LogP contribution is -2.08. The molecule has 0 unspecified atom stereocenters. The molecular formula is C14H14BrF2N3O3. The van der Waals surface area contributed by atoms with Crippen molar-refractivity contribution in [1.82, 2.24) is 14.8 Å². The summed E-state index contributed by atoms with van der Waals surface area (Å²) in [6.45, 7) is 1.12. The number of carbonyl (C=O) groups is 1. The third-order valence-corrected chi connectivity index (χ3v) is 3.28. The van der Waals surface area contributed by atoms with Crippen LogP contribution in [-0.4, -0.2) is 34.0 Å². The SMILES string of the molecule is CCOC(=O)c1cc(-c2ncc(Br)cc2OC(F)F)n(CC)n1. The third kappa shape index (κ3) is 4.04. The van der Waals surface area contributed by atoms with Crippen LogP contribution in [0.2, 0.25) is 0 Å². The predicted molar refractivity (Wildman–Crippen MR) is 81.4 cm³/mol. The number of halogens is 3. The number of pyridine rings is 1. The van der Waals surface area contributed by atoms with Gasteiger partial charge in [0.2, 0.25) is 0 Å². The van der Waals surface area contributed by atoms with E-state index in [2.05, 4.69) is 30.7 Å². The van der Waals surface area contributed by atoms with Crippen LogP contribution in [-0.2, 0) is 11.3 Å². The van der Waals surface area contributed by atoms with Crippen molar-refractivity contribution in [1.29, 1.82) is 0 Å². The van der Waals surface area contributed by atoms with E-state index >= 15 is 0 Å². The molecule has 0 bridgehead atoms. The molecule has 0 atom stereocenters. The number of hydrogen-bond donors (Lipinski definition) is 0. The van der Waals surface area contributed by atoms with Crippen molar-refractivity contribution >= 4 is 21.9 Å². The van der Waals surface area contributed by atoms with Crippen LogP contribution < -0.4 is 4.74 Å². The zero-order valence-electron chi connectivity index (χ0n) is 12.4. The molecule has 2 aromatic rings. The number of nitrogens with zero attached hydrogens (tertiary/aromatic N) is 3. The highest BCUT2D eigenvalue weighted by molar-refractivity contribution is 9.10. The van der Waals surface area contributed by atoms with Gasteiger partial charge in [0.15, 0.2) is 11.4 Å². The van der Waals surface area contributed by atoms with Gasteiger partial charge in [0, 0.05) is 23.3 Å². The summed E-state index contributed by atoms with van der Waals surface area (Å²) in [5, 5.41) is 4.11. The molecular weight excluding hydrogens is 376 g/mol. The first-order valence-electron chi connectivity index (χ1n) is 6.82. The smallest absolute Gasteiger partial charge is 0.387 e. The summed E-state index contributed by atoms with van der Waals surface area (Å²) in [6, 6.07) is 2.82. The summed E-state index contributed by atoms with van der Waals surface area (Å²) < 4.78 is 36.6. The minimum Gasteiger partial charge on any atom is -0.461 e. The Morgan fingerprint density at radius 1 is 1.39 bits per heavy atom. The van der Waals surface area contributed by atoms with Gasteiger partial charge in [0.25, 0.3) is 0 Å². The summed E-state index contributed by atoms with van der Waals surface area (Å²) >= 11 is 3.16. The second kappa shape index (κ2) is 7.49. The fourth-order valence-corrected chi connectivity index (χ4v) is 2.26. The van der Waals surface area contributed by atoms with E-state index in [1.165, 1.54) is 23.0 Å². The standard InChI is InChI=1S/C14H14BrF2N3O3/c1-3-20-10(6-9(19-20)13(21)22-4-2)12-11(23-14(16)17)5-8(15)7-18-12/h5-7,14H,3-4H2,1-2H3. The van der Waals surface area contributed by atoms with Gasteiger partial charge in [-0.2, -0.15) is 13.9 Å². The fourth-order valence-electron chi connectivity index (χ4n) is 1.95. The Balaban J connectivity index is 2.50. The quantitative estimate of drug-likeness (QED) is 0.707.